The van der Waals surface area contributed by atoms with Gasteiger partial charge in [-0.2, -0.15) is 0 Å². The van der Waals surface area contributed by atoms with Gasteiger partial charge in [0.2, 0.25) is 0 Å². The standard InChI is InChI=1S/C26H23N3O2/c1-4-14-29-24-13-11-18(26(30)31-3)16-21(24)27-25(29)17-10-12-23-20(15-17)19-8-6-7-9-22(19)28(23)5-2/h4,6-13,15-16H,1,5,14H2,2-3H3. The summed E-state index contributed by atoms with van der Waals surface area (Å²) in [7, 11) is 1.39. The highest BCUT2D eigenvalue weighted by molar-refractivity contribution is 6.09. The fraction of sp³-hybridized carbons (Fsp3) is 0.154. The van der Waals surface area contributed by atoms with Crippen LogP contribution in [-0.4, -0.2) is 27.2 Å². The molecule has 5 heteroatoms. The van der Waals surface area contributed by atoms with E-state index in [1.165, 1.54) is 28.9 Å². The molecule has 2 aromatic heterocycles. The number of hydrogen-bond acceptors (Lipinski definition) is 3. The summed E-state index contributed by atoms with van der Waals surface area (Å²) in [4.78, 5) is 16.9. The first kappa shape index (κ1) is 19.1. The molecule has 0 unspecified atom stereocenters. The molecule has 0 saturated heterocycles. The van der Waals surface area contributed by atoms with Gasteiger partial charge in [0.15, 0.2) is 0 Å². The number of methoxy groups -OCH3 is 1. The summed E-state index contributed by atoms with van der Waals surface area (Å²) in [5.41, 5.74) is 5.69. The molecule has 5 rings (SSSR count). The van der Waals surface area contributed by atoms with Gasteiger partial charge in [-0.15, -0.1) is 6.58 Å². The van der Waals surface area contributed by atoms with E-state index in [0.29, 0.717) is 12.1 Å². The minimum absolute atomic E-state index is 0.365. The fourth-order valence-corrected chi connectivity index (χ4v) is 4.44. The van der Waals surface area contributed by atoms with Crippen molar-refractivity contribution in [3.05, 3.63) is 78.9 Å². The number of para-hydroxylation sites is 1. The highest BCUT2D eigenvalue weighted by Gasteiger charge is 2.16. The quantitative estimate of drug-likeness (QED) is 0.272. The van der Waals surface area contributed by atoms with Crippen LogP contribution < -0.4 is 0 Å². The first-order valence-electron chi connectivity index (χ1n) is 10.4. The SMILES string of the molecule is C=CCn1c(-c2ccc3c(c2)c2ccccc2n3CC)nc2cc(C(=O)OC)ccc21. The first-order valence-corrected chi connectivity index (χ1v) is 10.4. The molecule has 154 valence electrons. The van der Waals surface area contributed by atoms with Crippen molar-refractivity contribution in [2.24, 2.45) is 0 Å². The molecule has 0 radical (unpaired) electrons. The van der Waals surface area contributed by atoms with Crippen LogP contribution in [0.15, 0.2) is 73.3 Å². The fourth-order valence-electron chi connectivity index (χ4n) is 4.44. The lowest BCUT2D eigenvalue weighted by Crippen LogP contribution is -2.01. The first-order chi connectivity index (χ1) is 15.2. The molecule has 31 heavy (non-hydrogen) atoms. The minimum atomic E-state index is -0.365. The molecule has 5 nitrogen and oxygen atoms in total. The largest absolute Gasteiger partial charge is 0.465 e. The van der Waals surface area contributed by atoms with E-state index < -0.39 is 0 Å². The van der Waals surface area contributed by atoms with Crippen molar-refractivity contribution in [1.82, 2.24) is 14.1 Å². The smallest absolute Gasteiger partial charge is 0.337 e. The van der Waals surface area contributed by atoms with E-state index in [0.717, 1.165) is 29.0 Å². The van der Waals surface area contributed by atoms with Crippen LogP contribution in [0, 0.1) is 0 Å². The number of fused-ring (bicyclic) bond motifs is 4. The van der Waals surface area contributed by atoms with Crippen LogP contribution >= 0.6 is 0 Å². The number of hydrogen-bond donors (Lipinski definition) is 0. The van der Waals surface area contributed by atoms with Crippen LogP contribution in [0.1, 0.15) is 17.3 Å². The van der Waals surface area contributed by atoms with Crippen LogP contribution in [-0.2, 0) is 17.8 Å². The molecule has 0 aliphatic heterocycles. The van der Waals surface area contributed by atoms with Gasteiger partial charge in [0.05, 0.1) is 23.7 Å². The molecule has 0 bridgehead atoms. The summed E-state index contributed by atoms with van der Waals surface area (Å²) in [5.74, 6) is 0.489. The van der Waals surface area contributed by atoms with Crippen molar-refractivity contribution in [2.75, 3.05) is 7.11 Å². The maximum absolute atomic E-state index is 12.0. The Morgan fingerprint density at radius 3 is 2.55 bits per heavy atom. The van der Waals surface area contributed by atoms with Crippen molar-refractivity contribution >= 4 is 38.8 Å². The number of benzene rings is 3. The lowest BCUT2D eigenvalue weighted by molar-refractivity contribution is 0.0601. The number of nitrogens with zero attached hydrogens (tertiary/aromatic N) is 3. The Hall–Kier alpha value is -3.86. The molecule has 5 aromatic rings. The molecule has 2 heterocycles. The number of carbonyl (C=O) groups excluding carboxylic acids is 1. The molecule has 0 fully saturated rings. The highest BCUT2D eigenvalue weighted by Crippen LogP contribution is 2.33. The van der Waals surface area contributed by atoms with E-state index in [4.69, 9.17) is 9.72 Å². The van der Waals surface area contributed by atoms with Crippen molar-refractivity contribution in [3.8, 4) is 11.4 Å². The van der Waals surface area contributed by atoms with E-state index in [2.05, 4.69) is 65.1 Å². The molecule has 0 spiro atoms. The molecule has 0 amide bonds. The predicted molar refractivity (Wildman–Crippen MR) is 125 cm³/mol. The Kier molecular flexibility index (Phi) is 4.59. The van der Waals surface area contributed by atoms with Crippen molar-refractivity contribution in [3.63, 3.8) is 0 Å². The zero-order valence-electron chi connectivity index (χ0n) is 17.6. The third-order valence-corrected chi connectivity index (χ3v) is 5.83. The number of aryl methyl sites for hydroxylation is 1. The van der Waals surface area contributed by atoms with Gasteiger partial charge < -0.3 is 13.9 Å². The number of aromatic nitrogens is 3. The zero-order valence-corrected chi connectivity index (χ0v) is 17.6. The Morgan fingerprint density at radius 2 is 1.77 bits per heavy atom. The van der Waals surface area contributed by atoms with Gasteiger partial charge in [-0.1, -0.05) is 24.3 Å². The summed E-state index contributed by atoms with van der Waals surface area (Å²) in [6.45, 7) is 7.62. The third kappa shape index (κ3) is 2.93. The molecule has 3 aromatic carbocycles. The molecule has 0 aliphatic carbocycles. The molecule has 0 atom stereocenters. The monoisotopic (exact) mass is 409 g/mol. The molecular weight excluding hydrogens is 386 g/mol. The van der Waals surface area contributed by atoms with Gasteiger partial charge in [-0.3, -0.25) is 0 Å². The van der Waals surface area contributed by atoms with Crippen molar-refractivity contribution < 1.29 is 9.53 Å². The lowest BCUT2D eigenvalue weighted by Gasteiger charge is -2.08. The Labute approximate surface area is 180 Å². The average Bonchev–Trinajstić information content (AvgIpc) is 3.33. The van der Waals surface area contributed by atoms with Gasteiger partial charge in [0.1, 0.15) is 5.82 Å². The summed E-state index contributed by atoms with van der Waals surface area (Å²) >= 11 is 0. The summed E-state index contributed by atoms with van der Waals surface area (Å²) in [6.07, 6.45) is 1.86. The van der Waals surface area contributed by atoms with Gasteiger partial charge >= 0.3 is 5.97 Å². The molecule has 0 N–H and O–H groups in total. The van der Waals surface area contributed by atoms with Crippen LogP contribution in [0.4, 0.5) is 0 Å². The number of allylic oxidation sites excluding steroid dienone is 1. The van der Waals surface area contributed by atoms with Crippen LogP contribution in [0.3, 0.4) is 0 Å². The number of rotatable bonds is 5. The minimum Gasteiger partial charge on any atom is -0.465 e. The summed E-state index contributed by atoms with van der Waals surface area (Å²) < 4.78 is 9.33. The third-order valence-electron chi connectivity index (χ3n) is 5.83. The normalized spacial score (nSPS) is 11.4. The van der Waals surface area contributed by atoms with E-state index in [9.17, 15) is 4.79 Å². The van der Waals surface area contributed by atoms with E-state index in [1.807, 2.05) is 12.1 Å². The molecule has 0 saturated carbocycles. The molecular formula is C26H23N3O2. The van der Waals surface area contributed by atoms with Crippen LogP contribution in [0.2, 0.25) is 0 Å². The second-order valence-corrected chi connectivity index (χ2v) is 7.52. The Morgan fingerprint density at radius 1 is 1.00 bits per heavy atom. The molecule has 0 aliphatic rings. The van der Waals surface area contributed by atoms with Crippen LogP contribution in [0.5, 0.6) is 0 Å². The zero-order chi connectivity index (χ0) is 21.5. The number of imidazole rings is 1. The van der Waals surface area contributed by atoms with E-state index in [-0.39, 0.29) is 5.97 Å². The van der Waals surface area contributed by atoms with Gasteiger partial charge in [-0.05, 0) is 49.4 Å². The number of esters is 1. The van der Waals surface area contributed by atoms with Gasteiger partial charge in [0, 0.05) is 40.5 Å². The highest BCUT2D eigenvalue weighted by atomic mass is 16.5. The lowest BCUT2D eigenvalue weighted by atomic mass is 10.1. The second kappa shape index (κ2) is 7.43. The maximum atomic E-state index is 12.0. The van der Waals surface area contributed by atoms with E-state index >= 15 is 0 Å². The summed E-state index contributed by atoms with van der Waals surface area (Å²) in [5, 5.41) is 2.45. The topological polar surface area (TPSA) is 49.0 Å². The Balaban J connectivity index is 1.76. The summed E-state index contributed by atoms with van der Waals surface area (Å²) in [6, 6.07) is 20.5. The Bertz CT molecular complexity index is 1470. The van der Waals surface area contributed by atoms with Gasteiger partial charge in [-0.25, -0.2) is 9.78 Å². The van der Waals surface area contributed by atoms with Crippen LogP contribution in [0.25, 0.3) is 44.2 Å². The van der Waals surface area contributed by atoms with Gasteiger partial charge in [0.25, 0.3) is 0 Å². The van der Waals surface area contributed by atoms with Crippen molar-refractivity contribution in [2.45, 2.75) is 20.0 Å². The van der Waals surface area contributed by atoms with Crippen molar-refractivity contribution in [1.29, 1.82) is 0 Å². The average molecular weight is 409 g/mol. The maximum Gasteiger partial charge on any atom is 0.337 e. The number of ether oxygens (including phenoxy) is 1. The van der Waals surface area contributed by atoms with E-state index in [1.54, 1.807) is 12.1 Å². The second-order valence-electron chi connectivity index (χ2n) is 7.52. The predicted octanol–water partition coefficient (Wildman–Crippen LogP) is 5.80. The number of carbonyl (C=O) groups is 1.